The number of hydrogen-bond donors (Lipinski definition) is 0. The molecule has 0 N–H and O–H groups in total. The molecule has 1 unspecified atom stereocenters. The maximum atomic E-state index is 6.15. The van der Waals surface area contributed by atoms with E-state index in [1.54, 1.807) is 7.11 Å². The van der Waals surface area contributed by atoms with Gasteiger partial charge in [0.05, 0.1) is 37.8 Å². The third-order valence-electron chi connectivity index (χ3n) is 5.84. The fourth-order valence-electron chi connectivity index (χ4n) is 4.29. The van der Waals surface area contributed by atoms with Gasteiger partial charge < -0.3 is 14.0 Å². The Morgan fingerprint density at radius 2 is 1.84 bits per heavy atom. The number of rotatable bonds is 7. The number of ether oxygens (including phenoxy) is 2. The van der Waals surface area contributed by atoms with Crippen molar-refractivity contribution in [2.24, 2.45) is 0 Å². The van der Waals surface area contributed by atoms with Gasteiger partial charge in [-0.15, -0.1) is 0 Å². The Labute approximate surface area is 196 Å². The first-order valence-corrected chi connectivity index (χ1v) is 11.5. The van der Waals surface area contributed by atoms with E-state index < -0.39 is 0 Å². The molecular weight excluding hydrogens is 466 g/mol. The summed E-state index contributed by atoms with van der Waals surface area (Å²) in [6.07, 6.45) is 5.65. The van der Waals surface area contributed by atoms with Crippen LogP contribution < -0.4 is 4.74 Å². The number of nitrogens with zero attached hydrogens (tertiary/aromatic N) is 3. The minimum Gasteiger partial charge on any atom is -0.497 e. The first-order chi connectivity index (χ1) is 15.7. The van der Waals surface area contributed by atoms with Crippen molar-refractivity contribution in [2.45, 2.75) is 25.5 Å². The zero-order valence-corrected chi connectivity index (χ0v) is 19.5. The molecule has 0 aliphatic carbocycles. The molecule has 0 spiro atoms. The van der Waals surface area contributed by atoms with Crippen LogP contribution in [0.4, 0.5) is 0 Å². The molecule has 0 bridgehead atoms. The summed E-state index contributed by atoms with van der Waals surface area (Å²) in [7, 11) is 1.68. The van der Waals surface area contributed by atoms with Gasteiger partial charge in [-0.05, 0) is 48.4 Å². The standard InChI is InChI=1S/C26H24BrN3O2/c1-31-23-8-5-18(6-9-23)16-32-17-22-7-10-24-29-25(20-3-2-4-21(27)15-20)26(30(22)24)19-11-13-28-14-12-19/h2-6,8-9,11-15,22H,7,10,16-17H2,1H3. The van der Waals surface area contributed by atoms with Crippen LogP contribution >= 0.6 is 15.9 Å². The lowest BCUT2D eigenvalue weighted by Crippen LogP contribution is -2.13. The van der Waals surface area contributed by atoms with Gasteiger partial charge in [0, 0.05) is 34.4 Å². The molecule has 1 aliphatic heterocycles. The number of aryl methyl sites for hydroxylation is 1. The Hall–Kier alpha value is -2.96. The molecule has 0 fully saturated rings. The largest absolute Gasteiger partial charge is 0.497 e. The van der Waals surface area contributed by atoms with Crippen molar-refractivity contribution in [3.8, 4) is 28.3 Å². The van der Waals surface area contributed by atoms with Gasteiger partial charge in [-0.3, -0.25) is 4.98 Å². The molecule has 2 aromatic carbocycles. The summed E-state index contributed by atoms with van der Waals surface area (Å²) in [6.45, 7) is 1.22. The van der Waals surface area contributed by atoms with Gasteiger partial charge in [0.1, 0.15) is 11.6 Å². The quantitative estimate of drug-likeness (QED) is 0.315. The predicted octanol–water partition coefficient (Wildman–Crippen LogP) is 6.09. The highest BCUT2D eigenvalue weighted by Crippen LogP contribution is 2.40. The molecule has 1 atom stereocenters. The Bertz CT molecular complexity index is 1210. The summed E-state index contributed by atoms with van der Waals surface area (Å²) in [4.78, 5) is 9.28. The zero-order chi connectivity index (χ0) is 21.9. The maximum Gasteiger partial charge on any atom is 0.118 e. The van der Waals surface area contributed by atoms with Crippen LogP contribution in [0.15, 0.2) is 77.5 Å². The average molecular weight is 490 g/mol. The second-order valence-corrected chi connectivity index (χ2v) is 8.81. The van der Waals surface area contributed by atoms with Gasteiger partial charge in [0.15, 0.2) is 0 Å². The van der Waals surface area contributed by atoms with Crippen LogP contribution in [-0.2, 0) is 17.8 Å². The Morgan fingerprint density at radius 3 is 2.59 bits per heavy atom. The van der Waals surface area contributed by atoms with E-state index in [1.807, 2.05) is 42.7 Å². The summed E-state index contributed by atoms with van der Waals surface area (Å²) in [5, 5.41) is 0. The van der Waals surface area contributed by atoms with Gasteiger partial charge in [-0.1, -0.05) is 40.2 Å². The molecule has 2 aromatic heterocycles. The van der Waals surface area contributed by atoms with E-state index in [1.165, 1.54) is 0 Å². The second kappa shape index (κ2) is 9.27. The van der Waals surface area contributed by atoms with E-state index in [4.69, 9.17) is 14.5 Å². The summed E-state index contributed by atoms with van der Waals surface area (Å²) in [6, 6.07) is 20.7. The van der Waals surface area contributed by atoms with Crippen molar-refractivity contribution < 1.29 is 9.47 Å². The molecular formula is C26H24BrN3O2. The maximum absolute atomic E-state index is 6.15. The van der Waals surface area contributed by atoms with Crippen LogP contribution in [-0.4, -0.2) is 28.3 Å². The molecule has 4 aromatic rings. The normalized spacial score (nSPS) is 15.0. The molecule has 1 aliphatic rings. The molecule has 0 amide bonds. The van der Waals surface area contributed by atoms with E-state index in [9.17, 15) is 0 Å². The molecule has 0 saturated heterocycles. The molecule has 0 radical (unpaired) electrons. The number of pyridine rings is 1. The number of aromatic nitrogens is 3. The van der Waals surface area contributed by atoms with Crippen molar-refractivity contribution >= 4 is 15.9 Å². The van der Waals surface area contributed by atoms with Crippen molar-refractivity contribution in [3.05, 3.63) is 88.9 Å². The number of halogens is 1. The van der Waals surface area contributed by atoms with Crippen LogP contribution in [0.25, 0.3) is 22.5 Å². The van der Waals surface area contributed by atoms with Gasteiger partial charge in [-0.2, -0.15) is 0 Å². The highest BCUT2D eigenvalue weighted by Gasteiger charge is 2.30. The Balaban J connectivity index is 1.43. The lowest BCUT2D eigenvalue weighted by molar-refractivity contribution is 0.0925. The molecule has 5 rings (SSSR count). The van der Waals surface area contributed by atoms with Crippen molar-refractivity contribution in [1.29, 1.82) is 0 Å². The summed E-state index contributed by atoms with van der Waals surface area (Å²) < 4.78 is 14.8. The molecule has 162 valence electrons. The third-order valence-corrected chi connectivity index (χ3v) is 6.33. The first kappa shape index (κ1) is 20.9. The second-order valence-electron chi connectivity index (χ2n) is 7.90. The monoisotopic (exact) mass is 489 g/mol. The van der Waals surface area contributed by atoms with Crippen LogP contribution in [0.5, 0.6) is 5.75 Å². The highest BCUT2D eigenvalue weighted by atomic mass is 79.9. The minimum absolute atomic E-state index is 0.250. The summed E-state index contributed by atoms with van der Waals surface area (Å²) in [5.41, 5.74) is 5.50. The van der Waals surface area contributed by atoms with Crippen LogP contribution in [0.1, 0.15) is 23.9 Å². The van der Waals surface area contributed by atoms with Crippen molar-refractivity contribution in [3.63, 3.8) is 0 Å². The van der Waals surface area contributed by atoms with Gasteiger partial charge >= 0.3 is 0 Å². The molecule has 3 heterocycles. The van der Waals surface area contributed by atoms with Crippen LogP contribution in [0.3, 0.4) is 0 Å². The SMILES string of the molecule is COc1ccc(COCC2CCc3nc(-c4cccc(Br)c4)c(-c4ccncc4)n32)cc1. The topological polar surface area (TPSA) is 49.2 Å². The van der Waals surface area contributed by atoms with E-state index in [-0.39, 0.29) is 6.04 Å². The number of hydrogen-bond acceptors (Lipinski definition) is 4. The molecule has 32 heavy (non-hydrogen) atoms. The fourth-order valence-corrected chi connectivity index (χ4v) is 4.69. The summed E-state index contributed by atoms with van der Waals surface area (Å²) >= 11 is 3.60. The van der Waals surface area contributed by atoms with Gasteiger partial charge in [0.25, 0.3) is 0 Å². The smallest absolute Gasteiger partial charge is 0.118 e. The lowest BCUT2D eigenvalue weighted by atomic mass is 10.0. The molecule has 0 saturated carbocycles. The fraction of sp³-hybridized carbons (Fsp3) is 0.231. The van der Waals surface area contributed by atoms with Crippen molar-refractivity contribution in [1.82, 2.24) is 14.5 Å². The van der Waals surface area contributed by atoms with E-state index in [0.29, 0.717) is 13.2 Å². The molecule has 5 nitrogen and oxygen atoms in total. The van der Waals surface area contributed by atoms with E-state index in [2.05, 4.69) is 55.8 Å². The van der Waals surface area contributed by atoms with Crippen LogP contribution in [0, 0.1) is 0 Å². The zero-order valence-electron chi connectivity index (χ0n) is 17.9. The summed E-state index contributed by atoms with van der Waals surface area (Å²) in [5.74, 6) is 1.97. The van der Waals surface area contributed by atoms with Gasteiger partial charge in [-0.25, -0.2) is 4.98 Å². The van der Waals surface area contributed by atoms with E-state index in [0.717, 1.165) is 57.0 Å². The van der Waals surface area contributed by atoms with Crippen molar-refractivity contribution in [2.75, 3.05) is 13.7 Å². The highest BCUT2D eigenvalue weighted by molar-refractivity contribution is 9.10. The van der Waals surface area contributed by atoms with E-state index >= 15 is 0 Å². The average Bonchev–Trinajstić information content (AvgIpc) is 3.40. The Morgan fingerprint density at radius 1 is 1.03 bits per heavy atom. The lowest BCUT2D eigenvalue weighted by Gasteiger charge is -2.18. The third kappa shape index (κ3) is 4.20. The number of imidazole rings is 1. The minimum atomic E-state index is 0.250. The predicted molar refractivity (Wildman–Crippen MR) is 129 cm³/mol. The van der Waals surface area contributed by atoms with Crippen LogP contribution in [0.2, 0.25) is 0 Å². The Kier molecular flexibility index (Phi) is 6.06. The number of methoxy groups -OCH3 is 1. The van der Waals surface area contributed by atoms with Gasteiger partial charge in [0.2, 0.25) is 0 Å². The number of fused-ring (bicyclic) bond motifs is 1. The first-order valence-electron chi connectivity index (χ1n) is 10.7. The number of benzene rings is 2. The molecule has 6 heteroatoms.